The van der Waals surface area contributed by atoms with Gasteiger partial charge in [-0.3, -0.25) is 4.79 Å². The lowest BCUT2D eigenvalue weighted by Gasteiger charge is -2.17. The summed E-state index contributed by atoms with van der Waals surface area (Å²) in [7, 11) is 1.61. The molecule has 33 heavy (non-hydrogen) atoms. The highest BCUT2D eigenvalue weighted by molar-refractivity contribution is 8.00. The van der Waals surface area contributed by atoms with Crippen LogP contribution in [0.15, 0.2) is 71.6 Å². The van der Waals surface area contributed by atoms with Gasteiger partial charge in [0.2, 0.25) is 5.91 Å². The van der Waals surface area contributed by atoms with Gasteiger partial charge in [0.15, 0.2) is 5.11 Å². The molecule has 3 rings (SSSR count). The second-order valence-electron chi connectivity index (χ2n) is 6.94. The molecule has 0 bridgehead atoms. The Labute approximate surface area is 213 Å². The minimum Gasteiger partial charge on any atom is -0.495 e. The van der Waals surface area contributed by atoms with Gasteiger partial charge in [-0.15, -0.1) is 11.8 Å². The highest BCUT2D eigenvalue weighted by atomic mass is 35.5. The molecular formula is C24H23Cl2N3O2S2. The lowest BCUT2D eigenvalue weighted by atomic mass is 10.2. The van der Waals surface area contributed by atoms with Gasteiger partial charge in [-0.1, -0.05) is 48.3 Å². The Bertz CT molecular complexity index is 1140. The van der Waals surface area contributed by atoms with E-state index in [0.717, 1.165) is 16.3 Å². The highest BCUT2D eigenvalue weighted by Gasteiger charge is 2.19. The zero-order chi connectivity index (χ0) is 23.8. The Balaban J connectivity index is 1.64. The monoisotopic (exact) mass is 519 g/mol. The van der Waals surface area contributed by atoms with E-state index >= 15 is 0 Å². The third-order valence-electron chi connectivity index (χ3n) is 4.58. The van der Waals surface area contributed by atoms with Crippen molar-refractivity contribution < 1.29 is 9.53 Å². The van der Waals surface area contributed by atoms with Gasteiger partial charge in [0.25, 0.3) is 0 Å². The van der Waals surface area contributed by atoms with E-state index < -0.39 is 0 Å². The number of nitrogens with one attached hydrogen (secondary N) is 3. The van der Waals surface area contributed by atoms with Crippen LogP contribution in [-0.4, -0.2) is 23.4 Å². The molecule has 0 aliphatic rings. The van der Waals surface area contributed by atoms with Gasteiger partial charge in [0.05, 0.1) is 28.8 Å². The van der Waals surface area contributed by atoms with E-state index in [9.17, 15) is 4.79 Å². The predicted octanol–water partition coefficient (Wildman–Crippen LogP) is 7.32. The molecule has 3 aromatic rings. The van der Waals surface area contributed by atoms with Crippen molar-refractivity contribution in [3.8, 4) is 5.75 Å². The van der Waals surface area contributed by atoms with Crippen LogP contribution in [0.2, 0.25) is 10.0 Å². The summed E-state index contributed by atoms with van der Waals surface area (Å²) >= 11 is 19.0. The van der Waals surface area contributed by atoms with Crippen LogP contribution in [0.25, 0.3) is 0 Å². The number of hydrogen-bond donors (Lipinski definition) is 3. The van der Waals surface area contributed by atoms with Crippen molar-refractivity contribution in [2.24, 2.45) is 0 Å². The van der Waals surface area contributed by atoms with Crippen LogP contribution in [0.5, 0.6) is 5.75 Å². The number of carbonyl (C=O) groups is 1. The van der Waals surface area contributed by atoms with Gasteiger partial charge < -0.3 is 20.7 Å². The van der Waals surface area contributed by atoms with E-state index in [4.69, 9.17) is 40.2 Å². The van der Waals surface area contributed by atoms with E-state index in [1.54, 1.807) is 25.3 Å². The van der Waals surface area contributed by atoms with Crippen molar-refractivity contribution in [2.75, 3.05) is 23.1 Å². The van der Waals surface area contributed by atoms with Crippen molar-refractivity contribution in [2.45, 2.75) is 23.5 Å². The topological polar surface area (TPSA) is 62.4 Å². The number of halogens is 2. The number of rotatable bonds is 8. The molecule has 0 saturated heterocycles. The molecule has 0 aliphatic carbocycles. The fourth-order valence-electron chi connectivity index (χ4n) is 2.97. The first-order valence-electron chi connectivity index (χ1n) is 10.1. The summed E-state index contributed by atoms with van der Waals surface area (Å²) in [6.07, 6.45) is 0.646. The quantitative estimate of drug-likeness (QED) is 0.214. The highest BCUT2D eigenvalue weighted by Crippen LogP contribution is 2.31. The van der Waals surface area contributed by atoms with Crippen LogP contribution in [0.3, 0.4) is 0 Å². The first kappa shape index (κ1) is 25.2. The number of thiocarbonyl (C=S) groups is 1. The third kappa shape index (κ3) is 7.27. The fraction of sp³-hybridized carbons (Fsp3) is 0.167. The van der Waals surface area contributed by atoms with Crippen molar-refractivity contribution in [3.63, 3.8) is 0 Å². The van der Waals surface area contributed by atoms with Crippen LogP contribution in [0, 0.1) is 0 Å². The summed E-state index contributed by atoms with van der Waals surface area (Å²) < 4.78 is 5.34. The molecule has 1 amide bonds. The Morgan fingerprint density at radius 3 is 2.52 bits per heavy atom. The minimum absolute atomic E-state index is 0.126. The Hall–Kier alpha value is -2.45. The maximum absolute atomic E-state index is 12.8. The molecule has 0 aliphatic heterocycles. The molecule has 1 unspecified atom stereocenters. The lowest BCUT2D eigenvalue weighted by molar-refractivity contribution is -0.115. The first-order valence-corrected chi connectivity index (χ1v) is 12.2. The van der Waals surface area contributed by atoms with Crippen molar-refractivity contribution in [1.29, 1.82) is 0 Å². The molecule has 5 nitrogen and oxygen atoms in total. The van der Waals surface area contributed by atoms with E-state index in [-0.39, 0.29) is 11.2 Å². The van der Waals surface area contributed by atoms with Gasteiger partial charge in [0, 0.05) is 15.6 Å². The normalized spacial score (nSPS) is 11.4. The molecular weight excluding hydrogens is 497 g/mol. The Morgan fingerprint density at radius 1 is 1.00 bits per heavy atom. The minimum atomic E-state index is -0.300. The van der Waals surface area contributed by atoms with E-state index in [1.807, 2.05) is 55.5 Å². The van der Waals surface area contributed by atoms with Crippen LogP contribution in [0.1, 0.15) is 13.3 Å². The Kier molecular flexibility index (Phi) is 9.26. The second-order valence-corrected chi connectivity index (χ2v) is 9.46. The third-order valence-corrected chi connectivity index (χ3v) is 6.69. The van der Waals surface area contributed by atoms with E-state index in [1.165, 1.54) is 11.8 Å². The van der Waals surface area contributed by atoms with Crippen molar-refractivity contribution in [3.05, 3.63) is 76.8 Å². The summed E-state index contributed by atoms with van der Waals surface area (Å²) in [5.41, 5.74) is 2.11. The molecule has 0 heterocycles. The number of amides is 1. The second kappa shape index (κ2) is 12.1. The maximum Gasteiger partial charge on any atom is 0.237 e. The number of carbonyl (C=O) groups excluding carboxylic acids is 1. The molecule has 0 spiro atoms. The molecule has 0 fully saturated rings. The van der Waals surface area contributed by atoms with E-state index in [2.05, 4.69) is 16.0 Å². The van der Waals surface area contributed by atoms with Crippen molar-refractivity contribution in [1.82, 2.24) is 0 Å². The van der Waals surface area contributed by atoms with Gasteiger partial charge in [-0.2, -0.15) is 0 Å². The summed E-state index contributed by atoms with van der Waals surface area (Å²) in [4.78, 5) is 13.8. The predicted molar refractivity (Wildman–Crippen MR) is 144 cm³/mol. The molecule has 0 saturated carbocycles. The van der Waals surface area contributed by atoms with Gasteiger partial charge >= 0.3 is 0 Å². The summed E-state index contributed by atoms with van der Waals surface area (Å²) in [6.45, 7) is 1.97. The van der Waals surface area contributed by atoms with Crippen LogP contribution in [-0.2, 0) is 4.79 Å². The number of thioether (sulfide) groups is 1. The number of anilines is 3. The van der Waals surface area contributed by atoms with Crippen LogP contribution in [0.4, 0.5) is 17.1 Å². The van der Waals surface area contributed by atoms with Crippen LogP contribution < -0.4 is 20.7 Å². The zero-order valence-corrected chi connectivity index (χ0v) is 21.2. The lowest BCUT2D eigenvalue weighted by Crippen LogP contribution is -2.24. The summed E-state index contributed by atoms with van der Waals surface area (Å²) in [6, 6.07) is 20.3. The van der Waals surface area contributed by atoms with Crippen molar-refractivity contribution >= 4 is 75.3 Å². The molecule has 0 radical (unpaired) electrons. The fourth-order valence-corrected chi connectivity index (χ4v) is 4.67. The maximum atomic E-state index is 12.8. The number of hydrogen-bond acceptors (Lipinski definition) is 4. The molecule has 1 atom stereocenters. The SMILES string of the molecule is CCC(Sc1cccc(NC(=S)Nc2ccccc2OC)c1)C(=O)Nc1ccc(Cl)cc1Cl. The first-order chi connectivity index (χ1) is 15.9. The average Bonchev–Trinajstić information content (AvgIpc) is 2.79. The molecule has 0 aromatic heterocycles. The van der Waals surface area contributed by atoms with Gasteiger partial charge in [-0.25, -0.2) is 0 Å². The number of para-hydroxylation sites is 2. The largest absolute Gasteiger partial charge is 0.495 e. The number of benzene rings is 3. The van der Waals surface area contributed by atoms with Gasteiger partial charge in [-0.05, 0) is 67.2 Å². The Morgan fingerprint density at radius 2 is 1.79 bits per heavy atom. The number of ether oxygens (including phenoxy) is 1. The summed E-state index contributed by atoms with van der Waals surface area (Å²) in [5.74, 6) is 0.571. The van der Waals surface area contributed by atoms with E-state index in [0.29, 0.717) is 33.0 Å². The molecule has 9 heteroatoms. The molecule has 172 valence electrons. The van der Waals surface area contributed by atoms with Gasteiger partial charge in [0.1, 0.15) is 5.75 Å². The smallest absolute Gasteiger partial charge is 0.237 e. The summed E-state index contributed by atoms with van der Waals surface area (Å²) in [5, 5.41) is 10.2. The standard InChI is InChI=1S/C24H23Cl2N3O2S2/c1-3-22(23(30)28-19-12-11-15(25)13-18(19)26)33-17-8-6-7-16(14-17)27-24(32)29-20-9-4-5-10-21(20)31-2/h4-14,22H,3H2,1-2H3,(H,28,30)(H2,27,29,32). The van der Waals surface area contributed by atoms with Crippen LogP contribution >= 0.6 is 47.2 Å². The molecule has 3 N–H and O–H groups in total. The zero-order valence-electron chi connectivity index (χ0n) is 18.0. The number of methoxy groups -OCH3 is 1. The average molecular weight is 521 g/mol. The molecule has 3 aromatic carbocycles.